The maximum Gasteiger partial charge on any atom is 0.248 e. The molecular weight excluding hydrogens is 250 g/mol. The van der Waals surface area contributed by atoms with Gasteiger partial charge in [0.25, 0.3) is 0 Å². The number of rotatable bonds is 3. The van der Waals surface area contributed by atoms with Crippen LogP contribution in [0.4, 0.5) is 17.1 Å². The van der Waals surface area contributed by atoms with Gasteiger partial charge in [0, 0.05) is 16.9 Å². The third-order valence-electron chi connectivity index (χ3n) is 2.42. The van der Waals surface area contributed by atoms with Gasteiger partial charge in [-0.2, -0.15) is 0 Å². The Morgan fingerprint density at radius 2 is 1.94 bits per heavy atom. The number of benzene rings is 2. The molecule has 0 fully saturated rings. The van der Waals surface area contributed by atoms with E-state index in [0.29, 0.717) is 22.0 Å². The third kappa shape index (κ3) is 2.73. The molecule has 0 atom stereocenters. The second-order valence-corrected chi connectivity index (χ2v) is 4.22. The number of anilines is 3. The minimum Gasteiger partial charge on any atom is -0.399 e. The molecule has 4 nitrogen and oxygen atoms in total. The molecule has 2 rings (SSSR count). The highest BCUT2D eigenvalue weighted by molar-refractivity contribution is 6.33. The molecule has 0 aliphatic heterocycles. The molecule has 92 valence electrons. The summed E-state index contributed by atoms with van der Waals surface area (Å²) in [7, 11) is 0. The van der Waals surface area contributed by atoms with Crippen molar-refractivity contribution in [2.75, 3.05) is 11.1 Å². The Morgan fingerprint density at radius 3 is 2.56 bits per heavy atom. The molecule has 0 aliphatic carbocycles. The molecule has 1 amide bonds. The summed E-state index contributed by atoms with van der Waals surface area (Å²) in [5.41, 5.74) is 13.4. The molecule has 0 radical (unpaired) electrons. The molecule has 0 unspecified atom stereocenters. The second kappa shape index (κ2) is 4.98. The van der Waals surface area contributed by atoms with Crippen molar-refractivity contribution < 1.29 is 4.79 Å². The Hall–Kier alpha value is -2.20. The highest BCUT2D eigenvalue weighted by Crippen LogP contribution is 2.27. The number of carbonyl (C=O) groups excluding carboxylic acids is 1. The van der Waals surface area contributed by atoms with Crippen LogP contribution in [0.2, 0.25) is 5.02 Å². The number of halogens is 1. The summed E-state index contributed by atoms with van der Waals surface area (Å²) in [6.45, 7) is 0. The molecule has 0 saturated heterocycles. The summed E-state index contributed by atoms with van der Waals surface area (Å²) in [6, 6.07) is 12.1. The third-order valence-corrected chi connectivity index (χ3v) is 2.73. The summed E-state index contributed by atoms with van der Waals surface area (Å²) >= 11 is 6.06. The van der Waals surface area contributed by atoms with E-state index in [1.807, 2.05) is 12.1 Å². The SMILES string of the molecule is NC(=O)c1ccc(Nc2cccc(N)c2)c(Cl)c1. The normalized spacial score (nSPS) is 10.1. The minimum atomic E-state index is -0.507. The first-order valence-electron chi connectivity index (χ1n) is 5.28. The minimum absolute atomic E-state index is 0.373. The number of hydrogen-bond acceptors (Lipinski definition) is 3. The monoisotopic (exact) mass is 261 g/mol. The van der Waals surface area contributed by atoms with Gasteiger partial charge >= 0.3 is 0 Å². The lowest BCUT2D eigenvalue weighted by molar-refractivity contribution is 0.100. The van der Waals surface area contributed by atoms with Gasteiger partial charge in [-0.05, 0) is 36.4 Å². The quantitative estimate of drug-likeness (QED) is 0.743. The van der Waals surface area contributed by atoms with Crippen LogP contribution in [-0.2, 0) is 0 Å². The van der Waals surface area contributed by atoms with Crippen molar-refractivity contribution >= 4 is 34.6 Å². The molecule has 0 aliphatic rings. The van der Waals surface area contributed by atoms with Crippen LogP contribution in [0.5, 0.6) is 0 Å². The van der Waals surface area contributed by atoms with Crippen LogP contribution in [0.3, 0.4) is 0 Å². The van der Waals surface area contributed by atoms with Crippen molar-refractivity contribution in [3.63, 3.8) is 0 Å². The van der Waals surface area contributed by atoms with E-state index < -0.39 is 5.91 Å². The zero-order chi connectivity index (χ0) is 13.1. The van der Waals surface area contributed by atoms with E-state index in [1.165, 1.54) is 6.07 Å². The van der Waals surface area contributed by atoms with Crippen molar-refractivity contribution in [3.05, 3.63) is 53.1 Å². The van der Waals surface area contributed by atoms with Gasteiger partial charge in [0.05, 0.1) is 10.7 Å². The first kappa shape index (κ1) is 12.3. The van der Waals surface area contributed by atoms with Crippen molar-refractivity contribution in [2.45, 2.75) is 0 Å². The molecule has 5 N–H and O–H groups in total. The standard InChI is InChI=1S/C13H12ClN3O/c14-11-6-8(13(16)18)4-5-12(11)17-10-3-1-2-9(15)7-10/h1-7,17H,15H2,(H2,16,18). The average molecular weight is 262 g/mol. The van der Waals surface area contributed by atoms with Gasteiger partial charge in [-0.25, -0.2) is 0 Å². The van der Waals surface area contributed by atoms with Gasteiger partial charge in [0.1, 0.15) is 0 Å². The maximum atomic E-state index is 11.0. The Labute approximate surface area is 110 Å². The topological polar surface area (TPSA) is 81.1 Å². The molecule has 18 heavy (non-hydrogen) atoms. The molecule has 0 saturated carbocycles. The van der Waals surface area contributed by atoms with Crippen molar-refractivity contribution in [1.29, 1.82) is 0 Å². The molecule has 2 aromatic carbocycles. The predicted molar refractivity (Wildman–Crippen MR) is 74.1 cm³/mol. The largest absolute Gasteiger partial charge is 0.399 e. The number of amides is 1. The van der Waals surface area contributed by atoms with E-state index in [-0.39, 0.29) is 0 Å². The zero-order valence-electron chi connectivity index (χ0n) is 9.48. The van der Waals surface area contributed by atoms with E-state index in [4.69, 9.17) is 23.1 Å². The van der Waals surface area contributed by atoms with Gasteiger partial charge in [0.15, 0.2) is 0 Å². The highest BCUT2D eigenvalue weighted by atomic mass is 35.5. The van der Waals surface area contributed by atoms with E-state index >= 15 is 0 Å². The van der Waals surface area contributed by atoms with Crippen LogP contribution in [0.15, 0.2) is 42.5 Å². The van der Waals surface area contributed by atoms with E-state index in [2.05, 4.69) is 5.32 Å². The smallest absolute Gasteiger partial charge is 0.248 e. The van der Waals surface area contributed by atoms with Gasteiger partial charge in [-0.1, -0.05) is 17.7 Å². The van der Waals surface area contributed by atoms with Gasteiger partial charge in [0.2, 0.25) is 5.91 Å². The Bertz CT molecular complexity index is 599. The number of hydrogen-bond donors (Lipinski definition) is 3. The van der Waals surface area contributed by atoms with Crippen molar-refractivity contribution in [3.8, 4) is 0 Å². The molecule has 0 spiro atoms. The van der Waals surface area contributed by atoms with Crippen LogP contribution >= 0.6 is 11.6 Å². The van der Waals surface area contributed by atoms with E-state index in [1.54, 1.807) is 24.3 Å². The van der Waals surface area contributed by atoms with Crippen molar-refractivity contribution in [2.24, 2.45) is 5.73 Å². The second-order valence-electron chi connectivity index (χ2n) is 3.81. The van der Waals surface area contributed by atoms with Crippen molar-refractivity contribution in [1.82, 2.24) is 0 Å². The maximum absolute atomic E-state index is 11.0. The molecule has 0 aromatic heterocycles. The summed E-state index contributed by atoms with van der Waals surface area (Å²) in [4.78, 5) is 11.0. The summed E-state index contributed by atoms with van der Waals surface area (Å²) < 4.78 is 0. The Balaban J connectivity index is 2.27. The number of nitrogens with one attached hydrogen (secondary N) is 1. The predicted octanol–water partition coefficient (Wildman–Crippen LogP) is 2.76. The number of primary amides is 1. The summed E-state index contributed by atoms with van der Waals surface area (Å²) in [5.74, 6) is -0.507. The fourth-order valence-electron chi connectivity index (χ4n) is 1.54. The van der Waals surface area contributed by atoms with Crippen LogP contribution < -0.4 is 16.8 Å². The molecule has 5 heteroatoms. The lowest BCUT2D eigenvalue weighted by Gasteiger charge is -2.09. The van der Waals surface area contributed by atoms with E-state index in [0.717, 1.165) is 5.69 Å². The van der Waals surface area contributed by atoms with Crippen LogP contribution in [0.1, 0.15) is 10.4 Å². The van der Waals surface area contributed by atoms with E-state index in [9.17, 15) is 4.79 Å². The van der Waals surface area contributed by atoms with Crippen LogP contribution in [0, 0.1) is 0 Å². The first-order chi connectivity index (χ1) is 8.56. The first-order valence-corrected chi connectivity index (χ1v) is 5.66. The van der Waals surface area contributed by atoms with Crippen LogP contribution in [0.25, 0.3) is 0 Å². The average Bonchev–Trinajstić information content (AvgIpc) is 2.31. The molecule has 2 aromatic rings. The van der Waals surface area contributed by atoms with Crippen LogP contribution in [-0.4, -0.2) is 5.91 Å². The number of nitrogen functional groups attached to an aromatic ring is 1. The molecule has 0 heterocycles. The Morgan fingerprint density at radius 1 is 1.17 bits per heavy atom. The molecular formula is C13H12ClN3O. The Kier molecular flexibility index (Phi) is 3.39. The van der Waals surface area contributed by atoms with Gasteiger partial charge in [-0.3, -0.25) is 4.79 Å². The fraction of sp³-hybridized carbons (Fsp3) is 0. The fourth-order valence-corrected chi connectivity index (χ4v) is 1.77. The lowest BCUT2D eigenvalue weighted by Crippen LogP contribution is -2.10. The number of nitrogens with two attached hydrogens (primary N) is 2. The lowest BCUT2D eigenvalue weighted by atomic mass is 10.2. The highest BCUT2D eigenvalue weighted by Gasteiger charge is 2.05. The van der Waals surface area contributed by atoms with Gasteiger partial charge in [-0.15, -0.1) is 0 Å². The number of carbonyl (C=O) groups is 1. The zero-order valence-corrected chi connectivity index (χ0v) is 10.2. The summed E-state index contributed by atoms with van der Waals surface area (Å²) in [5, 5.41) is 3.54. The molecule has 0 bridgehead atoms. The summed E-state index contributed by atoms with van der Waals surface area (Å²) in [6.07, 6.45) is 0. The van der Waals surface area contributed by atoms with Gasteiger partial charge < -0.3 is 16.8 Å².